The Labute approximate surface area is 187 Å². The van der Waals surface area contributed by atoms with Gasteiger partial charge in [0, 0.05) is 21.2 Å². The van der Waals surface area contributed by atoms with Crippen molar-refractivity contribution in [1.29, 1.82) is 0 Å². The molecular weight excluding hydrogens is 450 g/mol. The molecule has 0 aromatic heterocycles. The van der Waals surface area contributed by atoms with Crippen LogP contribution in [0.3, 0.4) is 0 Å². The maximum atomic E-state index is 14.7. The summed E-state index contributed by atoms with van der Waals surface area (Å²) < 4.78 is 58.9. The lowest BCUT2D eigenvalue weighted by Gasteiger charge is -2.25. The summed E-state index contributed by atoms with van der Waals surface area (Å²) in [6.07, 6.45) is 0.789. The fourth-order valence-electron chi connectivity index (χ4n) is 3.62. The van der Waals surface area contributed by atoms with Crippen LogP contribution in [-0.4, -0.2) is 12.3 Å². The van der Waals surface area contributed by atoms with Gasteiger partial charge in [-0.25, -0.2) is 17.6 Å². The Kier molecular flexibility index (Phi) is 7.35. The molecule has 0 radical (unpaired) electrons. The molecule has 32 heavy (non-hydrogen) atoms. The summed E-state index contributed by atoms with van der Waals surface area (Å²) in [5, 5.41) is 1.74. The zero-order valence-electron chi connectivity index (χ0n) is 17.1. The van der Waals surface area contributed by atoms with Crippen molar-refractivity contribution in [2.75, 3.05) is 12.3 Å². The largest absolute Gasteiger partial charge is 0.206 e. The second-order valence-electron chi connectivity index (χ2n) is 7.11. The molecule has 0 fully saturated rings. The number of hydrogen-bond acceptors (Lipinski definition) is 0. The normalized spacial score (nSPS) is 11.3. The lowest BCUT2D eigenvalue weighted by Crippen LogP contribution is -2.24. The maximum absolute atomic E-state index is 14.7. The Morgan fingerprint density at radius 1 is 0.375 bits per heavy atom. The third-order valence-electron chi connectivity index (χ3n) is 5.12. The Morgan fingerprint density at radius 3 is 0.812 bits per heavy atom. The zero-order valence-corrected chi connectivity index (χ0v) is 18.8. The van der Waals surface area contributed by atoms with Crippen LogP contribution in [0.25, 0.3) is 0 Å². The predicted octanol–water partition coefficient (Wildman–Crippen LogP) is 5.81. The lowest BCUT2D eigenvalue weighted by molar-refractivity contribution is 0.633. The van der Waals surface area contributed by atoms with Crippen molar-refractivity contribution in [2.24, 2.45) is 0 Å². The highest BCUT2D eigenvalue weighted by atomic mass is 31.1. The van der Waals surface area contributed by atoms with Crippen molar-refractivity contribution in [3.05, 3.63) is 120 Å². The number of rotatable bonds is 7. The van der Waals surface area contributed by atoms with E-state index in [1.165, 1.54) is 24.3 Å². The average Bonchev–Trinajstić information content (AvgIpc) is 2.80. The van der Waals surface area contributed by atoms with E-state index >= 15 is 0 Å². The van der Waals surface area contributed by atoms with Gasteiger partial charge < -0.3 is 0 Å². The van der Waals surface area contributed by atoms with Crippen molar-refractivity contribution in [3.63, 3.8) is 0 Å². The van der Waals surface area contributed by atoms with Crippen LogP contribution in [0.5, 0.6) is 0 Å². The van der Waals surface area contributed by atoms with Gasteiger partial charge in [-0.3, -0.25) is 0 Å². The fourth-order valence-corrected chi connectivity index (χ4v) is 9.10. The van der Waals surface area contributed by atoms with E-state index in [4.69, 9.17) is 0 Å². The van der Waals surface area contributed by atoms with Crippen LogP contribution < -0.4 is 21.2 Å². The summed E-state index contributed by atoms with van der Waals surface area (Å²) in [6, 6.07) is 25.4. The third kappa shape index (κ3) is 4.93. The quantitative estimate of drug-likeness (QED) is 0.236. The molecule has 4 aromatic rings. The molecule has 0 unspecified atom stereocenters. The third-order valence-corrected chi connectivity index (χ3v) is 10.6. The molecule has 0 atom stereocenters. The Bertz CT molecular complexity index is 1030. The SMILES string of the molecule is Fc1ccccc1P(CCP(c1ccccc1F)c1ccccc1F)c1ccccc1F. The smallest absolute Gasteiger partial charge is 0.131 e. The number of halogens is 4. The van der Waals surface area contributed by atoms with Crippen LogP contribution in [0, 0.1) is 23.3 Å². The first kappa shape index (κ1) is 22.6. The zero-order chi connectivity index (χ0) is 22.5. The van der Waals surface area contributed by atoms with Gasteiger partial charge >= 0.3 is 0 Å². The van der Waals surface area contributed by atoms with Crippen LogP contribution in [0.15, 0.2) is 97.1 Å². The van der Waals surface area contributed by atoms with Gasteiger partial charge in [0.05, 0.1) is 0 Å². The van der Waals surface area contributed by atoms with E-state index in [0.29, 0.717) is 33.5 Å². The lowest BCUT2D eigenvalue weighted by atomic mass is 10.3. The second kappa shape index (κ2) is 10.4. The van der Waals surface area contributed by atoms with Crippen LogP contribution in [0.2, 0.25) is 0 Å². The van der Waals surface area contributed by atoms with Crippen molar-refractivity contribution >= 4 is 37.1 Å². The second-order valence-corrected chi connectivity index (χ2v) is 11.6. The Hall–Kier alpha value is -2.54. The van der Waals surface area contributed by atoms with E-state index in [-0.39, 0.29) is 0 Å². The first-order valence-electron chi connectivity index (χ1n) is 10.1. The van der Waals surface area contributed by atoms with Gasteiger partial charge in [-0.15, -0.1) is 0 Å². The molecule has 4 rings (SSSR count). The van der Waals surface area contributed by atoms with Crippen molar-refractivity contribution in [1.82, 2.24) is 0 Å². The van der Waals surface area contributed by atoms with Crippen LogP contribution in [-0.2, 0) is 0 Å². The minimum Gasteiger partial charge on any atom is -0.206 e. The molecule has 0 spiro atoms. The topological polar surface area (TPSA) is 0 Å². The van der Waals surface area contributed by atoms with Gasteiger partial charge in [-0.1, -0.05) is 72.8 Å². The summed E-state index contributed by atoms with van der Waals surface area (Å²) in [5.74, 6) is -1.60. The molecule has 162 valence electrons. The van der Waals surface area contributed by atoms with Gasteiger partial charge in [0.15, 0.2) is 0 Å². The van der Waals surface area contributed by atoms with E-state index in [9.17, 15) is 17.6 Å². The molecule has 0 amide bonds. The highest BCUT2D eigenvalue weighted by molar-refractivity contribution is 7.76. The molecule has 0 heterocycles. The van der Waals surface area contributed by atoms with Crippen molar-refractivity contribution in [2.45, 2.75) is 0 Å². The van der Waals surface area contributed by atoms with Gasteiger partial charge in [0.2, 0.25) is 0 Å². The summed E-state index contributed by atoms with van der Waals surface area (Å²) >= 11 is 0. The van der Waals surface area contributed by atoms with E-state index in [0.717, 1.165) is 0 Å². The molecule has 6 heteroatoms. The monoisotopic (exact) mass is 470 g/mol. The molecule has 0 bridgehead atoms. The minimum atomic E-state index is -1.40. The summed E-state index contributed by atoms with van der Waals surface area (Å²) in [4.78, 5) is 0. The molecular formula is C26H20F4P2. The Morgan fingerprint density at radius 2 is 0.594 bits per heavy atom. The standard InChI is InChI=1S/C26H20F4P2/c27-19-9-1-5-13-23(19)31(24-14-6-2-10-20(24)28)17-18-32(25-15-7-3-11-21(25)29)26-16-8-4-12-22(26)30/h1-16H,17-18H2. The highest BCUT2D eigenvalue weighted by Crippen LogP contribution is 2.42. The molecule has 0 aliphatic rings. The molecule has 0 aliphatic carbocycles. The molecule has 4 aromatic carbocycles. The summed E-state index contributed by atoms with van der Waals surface area (Å²) in [6.45, 7) is 0. The van der Waals surface area contributed by atoms with Crippen LogP contribution in [0.4, 0.5) is 17.6 Å². The highest BCUT2D eigenvalue weighted by Gasteiger charge is 2.25. The first-order valence-corrected chi connectivity index (χ1v) is 13.1. The average molecular weight is 470 g/mol. The molecule has 0 aliphatic heterocycles. The summed E-state index contributed by atoms with van der Waals surface area (Å²) in [7, 11) is -2.81. The van der Waals surface area contributed by atoms with Gasteiger partial charge in [-0.2, -0.15) is 0 Å². The van der Waals surface area contributed by atoms with Crippen LogP contribution >= 0.6 is 15.8 Å². The molecule has 0 saturated heterocycles. The summed E-state index contributed by atoms with van der Waals surface area (Å²) in [5.41, 5.74) is 0. The number of hydrogen-bond donors (Lipinski definition) is 0. The predicted molar refractivity (Wildman–Crippen MR) is 128 cm³/mol. The Balaban J connectivity index is 1.75. The molecule has 0 nitrogen and oxygen atoms in total. The van der Waals surface area contributed by atoms with Crippen molar-refractivity contribution < 1.29 is 17.6 Å². The van der Waals surface area contributed by atoms with E-state index < -0.39 is 39.1 Å². The fraction of sp³-hybridized carbons (Fsp3) is 0.0769. The maximum Gasteiger partial charge on any atom is 0.131 e. The van der Waals surface area contributed by atoms with Gasteiger partial charge in [0.25, 0.3) is 0 Å². The van der Waals surface area contributed by atoms with E-state index in [1.54, 1.807) is 72.8 Å². The van der Waals surface area contributed by atoms with Gasteiger partial charge in [-0.05, 0) is 52.4 Å². The van der Waals surface area contributed by atoms with E-state index in [2.05, 4.69) is 0 Å². The molecule has 0 saturated carbocycles. The first-order chi connectivity index (χ1) is 15.6. The minimum absolute atomic E-state index is 0.394. The van der Waals surface area contributed by atoms with Crippen molar-refractivity contribution in [3.8, 4) is 0 Å². The van der Waals surface area contributed by atoms with E-state index in [1.807, 2.05) is 0 Å². The molecule has 0 N–H and O–H groups in total. The van der Waals surface area contributed by atoms with Gasteiger partial charge in [0.1, 0.15) is 23.3 Å². The van der Waals surface area contributed by atoms with Crippen LogP contribution in [0.1, 0.15) is 0 Å². The number of benzene rings is 4.